The molecule has 1 N–H and O–H groups in total. The summed E-state index contributed by atoms with van der Waals surface area (Å²) in [6, 6.07) is 1.83. The van der Waals surface area contributed by atoms with E-state index in [0.29, 0.717) is 11.0 Å². The van der Waals surface area contributed by atoms with Gasteiger partial charge in [-0.05, 0) is 18.6 Å². The number of H-pyrrole nitrogens is 1. The molecule has 0 bridgehead atoms. The molecule has 0 spiro atoms. The summed E-state index contributed by atoms with van der Waals surface area (Å²) in [7, 11) is 1.77. The Balaban J connectivity index is 3.09. The number of aromatic nitrogens is 3. The molecule has 2 aromatic heterocycles. The molecular formula is C8H9N3O. The average Bonchev–Trinajstić information content (AvgIpc) is 2.29. The number of fused-ring (bicyclic) bond motifs is 1. The highest BCUT2D eigenvalue weighted by atomic mass is 16.1. The average molecular weight is 163 g/mol. The van der Waals surface area contributed by atoms with Gasteiger partial charge in [0.2, 0.25) is 0 Å². The predicted molar refractivity (Wildman–Crippen MR) is 46.1 cm³/mol. The highest BCUT2D eigenvalue weighted by Gasteiger charge is 2.06. The molecular weight excluding hydrogens is 154 g/mol. The Morgan fingerprint density at radius 3 is 3.00 bits per heavy atom. The molecule has 0 aromatic carbocycles. The van der Waals surface area contributed by atoms with Crippen LogP contribution >= 0.6 is 0 Å². The van der Waals surface area contributed by atoms with Crippen LogP contribution < -0.4 is 5.56 Å². The molecule has 0 fully saturated rings. The molecule has 12 heavy (non-hydrogen) atoms. The summed E-state index contributed by atoms with van der Waals surface area (Å²) in [5, 5.41) is 3.34. The quantitative estimate of drug-likeness (QED) is 0.617. The number of nitrogens with one attached hydrogen (secondary N) is 1. The lowest BCUT2D eigenvalue weighted by atomic mass is 10.2. The first-order chi connectivity index (χ1) is 5.70. The third-order valence-corrected chi connectivity index (χ3v) is 1.95. The summed E-state index contributed by atoms with van der Waals surface area (Å²) in [5.41, 5.74) is 1.60. The molecule has 0 saturated carbocycles. The molecule has 2 heterocycles. The van der Waals surface area contributed by atoms with E-state index >= 15 is 0 Å². The number of pyridine rings is 1. The zero-order chi connectivity index (χ0) is 8.72. The molecule has 4 heteroatoms. The summed E-state index contributed by atoms with van der Waals surface area (Å²) >= 11 is 0. The SMILES string of the molecule is Cc1ccnc2c1c(=O)[nH]n2C. The van der Waals surface area contributed by atoms with Crippen LogP contribution in [0, 0.1) is 6.92 Å². The minimum absolute atomic E-state index is 0.0712. The topological polar surface area (TPSA) is 50.7 Å². The van der Waals surface area contributed by atoms with E-state index < -0.39 is 0 Å². The lowest BCUT2D eigenvalue weighted by Gasteiger charge is -1.93. The zero-order valence-electron chi connectivity index (χ0n) is 6.96. The van der Waals surface area contributed by atoms with Crippen LogP contribution in [0.3, 0.4) is 0 Å². The Kier molecular flexibility index (Phi) is 1.30. The van der Waals surface area contributed by atoms with E-state index in [1.165, 1.54) is 0 Å². The first-order valence-corrected chi connectivity index (χ1v) is 3.70. The van der Waals surface area contributed by atoms with Crippen molar-refractivity contribution in [2.45, 2.75) is 6.92 Å². The molecule has 0 aliphatic carbocycles. The van der Waals surface area contributed by atoms with Gasteiger partial charge in [0.25, 0.3) is 5.56 Å². The van der Waals surface area contributed by atoms with Crippen LogP contribution in [0.4, 0.5) is 0 Å². The van der Waals surface area contributed by atoms with Crippen LogP contribution in [-0.4, -0.2) is 14.8 Å². The fraction of sp³-hybridized carbons (Fsp3) is 0.250. The summed E-state index contributed by atoms with van der Waals surface area (Å²) in [6.07, 6.45) is 1.70. The lowest BCUT2D eigenvalue weighted by molar-refractivity contribution is 0.774. The van der Waals surface area contributed by atoms with Gasteiger partial charge >= 0.3 is 0 Å². The molecule has 0 radical (unpaired) electrons. The normalized spacial score (nSPS) is 10.8. The molecule has 0 amide bonds. The van der Waals surface area contributed by atoms with E-state index in [-0.39, 0.29) is 5.56 Å². The molecule has 2 aromatic rings. The number of hydrogen-bond donors (Lipinski definition) is 1. The molecule has 0 atom stereocenters. The lowest BCUT2D eigenvalue weighted by Crippen LogP contribution is -2.01. The third kappa shape index (κ3) is 0.777. The van der Waals surface area contributed by atoms with E-state index in [4.69, 9.17) is 0 Å². The summed E-state index contributed by atoms with van der Waals surface area (Å²) in [5.74, 6) is 0. The van der Waals surface area contributed by atoms with Crippen LogP contribution in [0.5, 0.6) is 0 Å². The second-order valence-corrected chi connectivity index (χ2v) is 2.83. The van der Waals surface area contributed by atoms with Crippen LogP contribution in [-0.2, 0) is 7.05 Å². The first kappa shape index (κ1) is 7.09. The second kappa shape index (κ2) is 2.20. The Hall–Kier alpha value is -1.58. The van der Waals surface area contributed by atoms with Crippen LogP contribution in [0.1, 0.15) is 5.56 Å². The smallest absolute Gasteiger partial charge is 0.271 e. The Morgan fingerprint density at radius 2 is 2.33 bits per heavy atom. The zero-order valence-corrected chi connectivity index (χ0v) is 6.96. The summed E-state index contributed by atoms with van der Waals surface area (Å²) in [6.45, 7) is 1.90. The molecule has 0 aliphatic rings. The van der Waals surface area contributed by atoms with Crippen molar-refractivity contribution in [3.8, 4) is 0 Å². The van der Waals surface area contributed by atoms with Gasteiger partial charge in [0.15, 0.2) is 5.65 Å². The maximum absolute atomic E-state index is 11.3. The molecule has 0 unspecified atom stereocenters. The van der Waals surface area contributed by atoms with Crippen molar-refractivity contribution >= 4 is 11.0 Å². The van der Waals surface area contributed by atoms with Crippen molar-refractivity contribution in [3.63, 3.8) is 0 Å². The predicted octanol–water partition coefficient (Wildman–Crippen LogP) is 0.570. The van der Waals surface area contributed by atoms with Gasteiger partial charge in [-0.15, -0.1) is 0 Å². The first-order valence-electron chi connectivity index (χ1n) is 3.70. The highest BCUT2D eigenvalue weighted by molar-refractivity contribution is 5.77. The van der Waals surface area contributed by atoms with Gasteiger partial charge in [0.05, 0.1) is 5.39 Å². The minimum Gasteiger partial charge on any atom is -0.271 e. The molecule has 2 rings (SSSR count). The van der Waals surface area contributed by atoms with Gasteiger partial charge < -0.3 is 0 Å². The molecule has 0 saturated heterocycles. The minimum atomic E-state index is -0.0712. The highest BCUT2D eigenvalue weighted by Crippen LogP contribution is 2.08. The standard InChI is InChI=1S/C8H9N3O/c1-5-3-4-9-7-6(5)8(12)10-11(7)2/h3-4H,1-2H3,(H,10,12). The number of nitrogens with zero attached hydrogens (tertiary/aromatic N) is 2. The van der Waals surface area contributed by atoms with E-state index in [2.05, 4.69) is 10.1 Å². The van der Waals surface area contributed by atoms with Gasteiger partial charge in [-0.2, -0.15) is 0 Å². The van der Waals surface area contributed by atoms with E-state index in [1.807, 2.05) is 13.0 Å². The van der Waals surface area contributed by atoms with E-state index in [0.717, 1.165) is 5.56 Å². The van der Waals surface area contributed by atoms with Crippen molar-refractivity contribution in [1.82, 2.24) is 14.8 Å². The van der Waals surface area contributed by atoms with Crippen molar-refractivity contribution in [1.29, 1.82) is 0 Å². The Labute approximate surface area is 68.8 Å². The summed E-state index contributed by atoms with van der Waals surface area (Å²) in [4.78, 5) is 15.4. The van der Waals surface area contributed by atoms with Gasteiger partial charge in [-0.3, -0.25) is 14.6 Å². The van der Waals surface area contributed by atoms with Gasteiger partial charge in [-0.25, -0.2) is 4.98 Å². The fourth-order valence-corrected chi connectivity index (χ4v) is 1.34. The van der Waals surface area contributed by atoms with Crippen molar-refractivity contribution in [3.05, 3.63) is 28.2 Å². The Morgan fingerprint density at radius 1 is 1.58 bits per heavy atom. The molecule has 62 valence electrons. The van der Waals surface area contributed by atoms with Crippen LogP contribution in [0.25, 0.3) is 11.0 Å². The van der Waals surface area contributed by atoms with Crippen molar-refractivity contribution in [2.24, 2.45) is 7.05 Å². The van der Waals surface area contributed by atoms with Crippen LogP contribution in [0.15, 0.2) is 17.1 Å². The van der Waals surface area contributed by atoms with Gasteiger partial charge in [-0.1, -0.05) is 0 Å². The van der Waals surface area contributed by atoms with Crippen molar-refractivity contribution in [2.75, 3.05) is 0 Å². The number of rotatable bonds is 0. The Bertz CT molecular complexity index is 480. The third-order valence-electron chi connectivity index (χ3n) is 1.95. The number of aromatic amines is 1. The van der Waals surface area contributed by atoms with E-state index in [1.54, 1.807) is 17.9 Å². The monoisotopic (exact) mass is 163 g/mol. The van der Waals surface area contributed by atoms with E-state index in [9.17, 15) is 4.79 Å². The maximum Gasteiger partial charge on any atom is 0.273 e. The fourth-order valence-electron chi connectivity index (χ4n) is 1.34. The van der Waals surface area contributed by atoms with Crippen molar-refractivity contribution < 1.29 is 0 Å². The molecule has 0 aliphatic heterocycles. The second-order valence-electron chi connectivity index (χ2n) is 2.83. The molecule has 4 nitrogen and oxygen atoms in total. The number of hydrogen-bond acceptors (Lipinski definition) is 2. The van der Waals surface area contributed by atoms with Crippen LogP contribution in [0.2, 0.25) is 0 Å². The van der Waals surface area contributed by atoms with Gasteiger partial charge in [0.1, 0.15) is 0 Å². The summed E-state index contributed by atoms with van der Waals surface area (Å²) < 4.78 is 1.63. The number of aryl methyl sites for hydroxylation is 2. The maximum atomic E-state index is 11.3. The largest absolute Gasteiger partial charge is 0.273 e. The van der Waals surface area contributed by atoms with Gasteiger partial charge in [0, 0.05) is 13.2 Å².